The van der Waals surface area contributed by atoms with Crippen LogP contribution in [0.25, 0.3) is 11.0 Å². The number of H-pyrrole nitrogens is 1. The molecule has 2 aromatic heterocycles. The number of pyridine rings is 1. The van der Waals surface area contributed by atoms with E-state index in [1.54, 1.807) is 18.3 Å². The molecular weight excluding hydrogens is 282 g/mol. The Morgan fingerprint density at radius 1 is 1.32 bits per heavy atom. The number of nitrogens with one attached hydrogen (secondary N) is 1. The highest BCUT2D eigenvalue weighted by Gasteiger charge is 2.19. The molecule has 7 heteroatoms. The van der Waals surface area contributed by atoms with Gasteiger partial charge in [0.05, 0.1) is 5.39 Å². The normalized spacial score (nSPS) is 16.1. The molecule has 1 aliphatic rings. The lowest BCUT2D eigenvalue weighted by Gasteiger charge is -2.32. The number of carbonyl (C=O) groups is 1. The van der Waals surface area contributed by atoms with E-state index in [0.29, 0.717) is 29.7 Å². The van der Waals surface area contributed by atoms with Crippen LogP contribution in [-0.4, -0.2) is 63.9 Å². The lowest BCUT2D eigenvalue weighted by Crippen LogP contribution is -2.47. The van der Waals surface area contributed by atoms with Gasteiger partial charge in [-0.2, -0.15) is 0 Å². The van der Waals surface area contributed by atoms with Crippen LogP contribution in [0.15, 0.2) is 23.1 Å². The van der Waals surface area contributed by atoms with Crippen molar-refractivity contribution in [1.29, 1.82) is 0 Å². The van der Waals surface area contributed by atoms with Gasteiger partial charge in [0.25, 0.3) is 5.56 Å². The van der Waals surface area contributed by atoms with Crippen LogP contribution in [0, 0.1) is 0 Å². The number of hydrogen-bond donors (Lipinski definition) is 1. The topological polar surface area (TPSA) is 82.2 Å². The van der Waals surface area contributed by atoms with Crippen LogP contribution < -0.4 is 5.56 Å². The first-order chi connectivity index (χ1) is 10.6. The van der Waals surface area contributed by atoms with E-state index in [1.807, 2.05) is 4.90 Å². The van der Waals surface area contributed by atoms with Crippen LogP contribution in [0.3, 0.4) is 0 Å². The summed E-state index contributed by atoms with van der Waals surface area (Å²) in [5.41, 5.74) is 0.216. The van der Waals surface area contributed by atoms with Gasteiger partial charge in [-0.1, -0.05) is 0 Å². The van der Waals surface area contributed by atoms with Crippen molar-refractivity contribution < 1.29 is 4.79 Å². The fraction of sp³-hybridized carbons (Fsp3) is 0.467. The van der Waals surface area contributed by atoms with Crippen LogP contribution in [0.2, 0.25) is 0 Å². The third-order valence-corrected chi connectivity index (χ3v) is 3.96. The Morgan fingerprint density at radius 3 is 2.86 bits per heavy atom. The minimum atomic E-state index is -0.208. The number of nitrogens with zero attached hydrogens (tertiary/aromatic N) is 4. The SMILES string of the molecule is CN1CCN(C(=O)CCc2nc3ncccc3c(=O)[nH]2)CC1. The second-order valence-corrected chi connectivity index (χ2v) is 5.57. The summed E-state index contributed by atoms with van der Waals surface area (Å²) in [5, 5.41) is 0.469. The maximum Gasteiger partial charge on any atom is 0.260 e. The number of piperazine rings is 1. The van der Waals surface area contributed by atoms with Crippen molar-refractivity contribution in [3.8, 4) is 0 Å². The van der Waals surface area contributed by atoms with Crippen molar-refractivity contribution in [2.45, 2.75) is 12.8 Å². The Balaban J connectivity index is 1.66. The molecule has 0 aromatic carbocycles. The molecule has 1 amide bonds. The fourth-order valence-corrected chi connectivity index (χ4v) is 2.58. The molecule has 0 radical (unpaired) electrons. The standard InChI is InChI=1S/C15H19N5O2/c1-19-7-9-20(10-8-19)13(21)5-4-12-17-14-11(15(22)18-12)3-2-6-16-14/h2-3,6H,4-5,7-10H2,1H3,(H,16,17,18,22). The Kier molecular flexibility index (Phi) is 4.15. The monoisotopic (exact) mass is 301 g/mol. The molecule has 3 rings (SSSR count). The van der Waals surface area contributed by atoms with Gasteiger partial charge < -0.3 is 14.8 Å². The molecule has 0 bridgehead atoms. The van der Waals surface area contributed by atoms with E-state index in [4.69, 9.17) is 0 Å². The third-order valence-electron chi connectivity index (χ3n) is 3.96. The summed E-state index contributed by atoms with van der Waals surface area (Å²) in [7, 11) is 2.05. The van der Waals surface area contributed by atoms with E-state index in [1.165, 1.54) is 0 Å². The largest absolute Gasteiger partial charge is 0.340 e. The predicted octanol–water partition coefficient (Wildman–Crippen LogP) is 0.0247. The molecule has 1 fully saturated rings. The first-order valence-electron chi connectivity index (χ1n) is 7.44. The minimum Gasteiger partial charge on any atom is -0.340 e. The van der Waals surface area contributed by atoms with Crippen molar-refractivity contribution in [3.63, 3.8) is 0 Å². The second-order valence-electron chi connectivity index (χ2n) is 5.57. The average Bonchev–Trinajstić information content (AvgIpc) is 2.53. The molecule has 116 valence electrons. The molecule has 0 unspecified atom stereocenters. The van der Waals surface area contributed by atoms with E-state index >= 15 is 0 Å². The lowest BCUT2D eigenvalue weighted by atomic mass is 10.2. The van der Waals surface area contributed by atoms with Crippen molar-refractivity contribution >= 4 is 16.9 Å². The van der Waals surface area contributed by atoms with Gasteiger partial charge in [0.15, 0.2) is 5.65 Å². The van der Waals surface area contributed by atoms with Crippen molar-refractivity contribution in [1.82, 2.24) is 24.8 Å². The van der Waals surface area contributed by atoms with E-state index in [0.717, 1.165) is 26.2 Å². The molecule has 22 heavy (non-hydrogen) atoms. The number of hydrogen-bond acceptors (Lipinski definition) is 5. The summed E-state index contributed by atoms with van der Waals surface area (Å²) in [6.45, 7) is 3.33. The lowest BCUT2D eigenvalue weighted by molar-refractivity contribution is -0.132. The first kappa shape index (κ1) is 14.6. The number of likely N-dealkylation sites (N-methyl/N-ethyl adjacent to an activating group) is 1. The highest BCUT2D eigenvalue weighted by Crippen LogP contribution is 2.06. The summed E-state index contributed by atoms with van der Waals surface area (Å²) in [4.78, 5) is 39.4. The molecule has 1 N–H and O–H groups in total. The molecular formula is C15H19N5O2. The second kappa shape index (κ2) is 6.23. The van der Waals surface area contributed by atoms with Crippen LogP contribution >= 0.6 is 0 Å². The molecule has 3 heterocycles. The highest BCUT2D eigenvalue weighted by atomic mass is 16.2. The molecule has 7 nitrogen and oxygen atoms in total. The Bertz CT molecular complexity index is 734. The van der Waals surface area contributed by atoms with Gasteiger partial charge >= 0.3 is 0 Å². The van der Waals surface area contributed by atoms with Crippen molar-refractivity contribution in [2.75, 3.05) is 33.2 Å². The zero-order valence-corrected chi connectivity index (χ0v) is 12.6. The molecule has 0 aliphatic carbocycles. The van der Waals surface area contributed by atoms with Gasteiger partial charge in [-0.15, -0.1) is 0 Å². The smallest absolute Gasteiger partial charge is 0.260 e. The molecule has 0 atom stereocenters. The molecule has 0 saturated carbocycles. The predicted molar refractivity (Wildman–Crippen MR) is 82.6 cm³/mol. The van der Waals surface area contributed by atoms with Gasteiger partial charge in [0.1, 0.15) is 5.82 Å². The number of aromatic amines is 1. The van der Waals surface area contributed by atoms with Crippen molar-refractivity contribution in [2.24, 2.45) is 0 Å². The summed E-state index contributed by atoms with van der Waals surface area (Å²) in [5.74, 6) is 0.621. The van der Waals surface area contributed by atoms with Crippen molar-refractivity contribution in [3.05, 3.63) is 34.5 Å². The maximum absolute atomic E-state index is 12.2. The maximum atomic E-state index is 12.2. The highest BCUT2D eigenvalue weighted by molar-refractivity contribution is 5.76. The van der Waals surface area contributed by atoms with Gasteiger partial charge in [0.2, 0.25) is 5.91 Å². The van der Waals surface area contributed by atoms with Gasteiger partial charge in [-0.3, -0.25) is 9.59 Å². The van der Waals surface area contributed by atoms with E-state index in [9.17, 15) is 9.59 Å². The summed E-state index contributed by atoms with van der Waals surface area (Å²) in [6.07, 6.45) is 2.38. The Morgan fingerprint density at radius 2 is 2.09 bits per heavy atom. The van der Waals surface area contributed by atoms with E-state index in [2.05, 4.69) is 26.9 Å². The number of aromatic nitrogens is 3. The van der Waals surface area contributed by atoms with Crippen LogP contribution in [0.4, 0.5) is 0 Å². The van der Waals surface area contributed by atoms with E-state index in [-0.39, 0.29) is 11.5 Å². The molecule has 1 aliphatic heterocycles. The fourth-order valence-electron chi connectivity index (χ4n) is 2.58. The van der Waals surface area contributed by atoms with Gasteiger partial charge in [-0.05, 0) is 19.2 Å². The van der Waals surface area contributed by atoms with Crippen LogP contribution in [-0.2, 0) is 11.2 Å². The minimum absolute atomic E-state index is 0.108. The first-order valence-corrected chi connectivity index (χ1v) is 7.44. The number of rotatable bonds is 3. The number of fused-ring (bicyclic) bond motifs is 1. The number of carbonyl (C=O) groups excluding carboxylic acids is 1. The Hall–Kier alpha value is -2.28. The number of amides is 1. The van der Waals surface area contributed by atoms with Crippen LogP contribution in [0.5, 0.6) is 0 Å². The summed E-state index contributed by atoms with van der Waals surface area (Å²) in [6, 6.07) is 3.39. The van der Waals surface area contributed by atoms with Crippen LogP contribution in [0.1, 0.15) is 12.2 Å². The number of aryl methyl sites for hydroxylation is 1. The summed E-state index contributed by atoms with van der Waals surface area (Å²) >= 11 is 0. The quantitative estimate of drug-likeness (QED) is 0.864. The molecule has 1 saturated heterocycles. The average molecular weight is 301 g/mol. The third kappa shape index (κ3) is 3.14. The van der Waals surface area contributed by atoms with Gasteiger partial charge in [-0.25, -0.2) is 9.97 Å². The molecule has 0 spiro atoms. The Labute approximate surface area is 128 Å². The van der Waals surface area contributed by atoms with Gasteiger partial charge in [0, 0.05) is 45.2 Å². The summed E-state index contributed by atoms with van der Waals surface area (Å²) < 4.78 is 0. The van der Waals surface area contributed by atoms with E-state index < -0.39 is 0 Å². The zero-order valence-electron chi connectivity index (χ0n) is 12.6. The molecule has 2 aromatic rings. The zero-order chi connectivity index (χ0) is 15.5.